The van der Waals surface area contributed by atoms with Gasteiger partial charge in [-0.05, 0) is 49.6 Å². The summed E-state index contributed by atoms with van der Waals surface area (Å²) in [7, 11) is -2.31. The Bertz CT molecular complexity index is 1100. The van der Waals surface area contributed by atoms with Crippen LogP contribution in [0.4, 0.5) is 5.69 Å². The number of hydrogen-bond acceptors (Lipinski definition) is 4. The maximum atomic E-state index is 13.4. The smallest absolute Gasteiger partial charge is 0.244 e. The molecule has 32 heavy (non-hydrogen) atoms. The monoisotopic (exact) mass is 499 g/mol. The van der Waals surface area contributed by atoms with E-state index in [2.05, 4.69) is 5.32 Å². The second kappa shape index (κ2) is 10.6. The highest BCUT2D eigenvalue weighted by atomic mass is 35.5. The maximum absolute atomic E-state index is 13.4. The van der Waals surface area contributed by atoms with E-state index in [1.807, 2.05) is 6.07 Å². The lowest BCUT2D eigenvalue weighted by Crippen LogP contribution is -2.50. The van der Waals surface area contributed by atoms with Crippen LogP contribution >= 0.6 is 23.2 Å². The van der Waals surface area contributed by atoms with Gasteiger partial charge in [0.25, 0.3) is 0 Å². The largest absolute Gasteiger partial charge is 0.357 e. The number of halogens is 2. The second-order valence-electron chi connectivity index (χ2n) is 7.57. The average molecular weight is 500 g/mol. The van der Waals surface area contributed by atoms with E-state index >= 15 is 0 Å². The van der Waals surface area contributed by atoms with Gasteiger partial charge < -0.3 is 10.2 Å². The summed E-state index contributed by atoms with van der Waals surface area (Å²) in [6, 6.07) is 9.45. The fourth-order valence-electron chi connectivity index (χ4n) is 3.40. The predicted molar refractivity (Wildman–Crippen MR) is 129 cm³/mol. The van der Waals surface area contributed by atoms with Crippen LogP contribution < -0.4 is 9.62 Å². The number of sulfonamides is 1. The van der Waals surface area contributed by atoms with Gasteiger partial charge in [-0.15, -0.1) is 0 Å². The number of nitrogens with zero attached hydrogens (tertiary/aromatic N) is 2. The Kier molecular flexibility index (Phi) is 8.56. The zero-order valence-corrected chi connectivity index (χ0v) is 21.0. The molecular weight excluding hydrogens is 473 g/mol. The van der Waals surface area contributed by atoms with Gasteiger partial charge in [0.15, 0.2) is 0 Å². The molecule has 10 heteroatoms. The van der Waals surface area contributed by atoms with E-state index in [9.17, 15) is 18.0 Å². The summed E-state index contributed by atoms with van der Waals surface area (Å²) in [4.78, 5) is 27.1. The third kappa shape index (κ3) is 6.15. The predicted octanol–water partition coefficient (Wildman–Crippen LogP) is 3.54. The fraction of sp³-hybridized carbons (Fsp3) is 0.364. The standard InChI is InChI=1S/C22H27Cl2N3O4S/c1-14-7-6-8-15(2)21(14)27(32(5,30)31)13-20(28)26(16(3)22(29)25-4)12-17-9-10-18(23)19(24)11-17/h6-11,16H,12-13H2,1-5H3,(H,25,29). The van der Waals surface area contributed by atoms with Crippen molar-refractivity contribution in [3.63, 3.8) is 0 Å². The SMILES string of the molecule is CNC(=O)C(C)N(Cc1ccc(Cl)c(Cl)c1)C(=O)CN(c1c(C)cccc1C)S(C)(=O)=O. The lowest BCUT2D eigenvalue weighted by Gasteiger charge is -2.32. The van der Waals surface area contributed by atoms with Crippen LogP contribution in [0, 0.1) is 13.8 Å². The van der Waals surface area contributed by atoms with Crippen LogP contribution in [0.25, 0.3) is 0 Å². The van der Waals surface area contributed by atoms with E-state index in [0.717, 1.165) is 21.7 Å². The Morgan fingerprint density at radius 3 is 2.16 bits per heavy atom. The van der Waals surface area contributed by atoms with Crippen LogP contribution in [-0.4, -0.2) is 51.0 Å². The molecular formula is C22H27Cl2N3O4S. The van der Waals surface area contributed by atoms with Crippen molar-refractivity contribution < 1.29 is 18.0 Å². The first-order chi connectivity index (χ1) is 14.9. The topological polar surface area (TPSA) is 86.8 Å². The van der Waals surface area contributed by atoms with E-state index in [0.29, 0.717) is 21.3 Å². The number of likely N-dealkylation sites (N-methyl/N-ethyl adjacent to an activating group) is 1. The molecule has 0 heterocycles. The van der Waals surface area contributed by atoms with Crippen molar-refractivity contribution in [2.24, 2.45) is 0 Å². The molecule has 1 atom stereocenters. The molecule has 2 aromatic carbocycles. The van der Waals surface area contributed by atoms with Crippen LogP contribution in [0.3, 0.4) is 0 Å². The van der Waals surface area contributed by atoms with Crippen LogP contribution in [0.2, 0.25) is 10.0 Å². The molecule has 0 aromatic heterocycles. The molecule has 174 valence electrons. The molecule has 1 N–H and O–H groups in total. The molecule has 0 spiro atoms. The number of para-hydroxylation sites is 1. The molecule has 0 fully saturated rings. The molecule has 2 rings (SSSR count). The van der Waals surface area contributed by atoms with E-state index in [4.69, 9.17) is 23.2 Å². The summed E-state index contributed by atoms with van der Waals surface area (Å²) in [5.41, 5.74) is 2.55. The number of aryl methyl sites for hydroxylation is 2. The van der Waals surface area contributed by atoms with Crippen molar-refractivity contribution in [3.05, 3.63) is 63.1 Å². The van der Waals surface area contributed by atoms with Gasteiger partial charge in [-0.3, -0.25) is 13.9 Å². The highest BCUT2D eigenvalue weighted by Crippen LogP contribution is 2.28. The van der Waals surface area contributed by atoms with Gasteiger partial charge in [-0.1, -0.05) is 47.5 Å². The minimum absolute atomic E-state index is 0.0503. The highest BCUT2D eigenvalue weighted by Gasteiger charge is 2.30. The second-order valence-corrected chi connectivity index (χ2v) is 10.3. The van der Waals surface area contributed by atoms with E-state index in [1.165, 1.54) is 11.9 Å². The minimum atomic E-state index is -3.78. The number of carbonyl (C=O) groups excluding carboxylic acids is 2. The molecule has 0 bridgehead atoms. The maximum Gasteiger partial charge on any atom is 0.244 e. The summed E-state index contributed by atoms with van der Waals surface area (Å²) in [6.45, 7) is 4.75. The number of hydrogen-bond donors (Lipinski definition) is 1. The first kappa shape index (κ1) is 26.0. The van der Waals surface area contributed by atoms with Crippen LogP contribution in [0.5, 0.6) is 0 Å². The van der Waals surface area contributed by atoms with E-state index in [1.54, 1.807) is 51.1 Å². The number of nitrogens with one attached hydrogen (secondary N) is 1. The van der Waals surface area contributed by atoms with Crippen molar-refractivity contribution in [2.75, 3.05) is 24.2 Å². The highest BCUT2D eigenvalue weighted by molar-refractivity contribution is 7.92. The first-order valence-electron chi connectivity index (χ1n) is 9.85. The average Bonchev–Trinajstić information content (AvgIpc) is 2.71. The quantitative estimate of drug-likeness (QED) is 0.601. The third-order valence-electron chi connectivity index (χ3n) is 5.12. The molecule has 0 radical (unpaired) electrons. The molecule has 0 saturated heterocycles. The van der Waals surface area contributed by atoms with E-state index in [-0.39, 0.29) is 12.5 Å². The Labute approximate surface area is 199 Å². The summed E-state index contributed by atoms with van der Waals surface area (Å²) < 4.78 is 26.4. The van der Waals surface area contributed by atoms with Gasteiger partial charge >= 0.3 is 0 Å². The van der Waals surface area contributed by atoms with Crippen molar-refractivity contribution in [1.29, 1.82) is 0 Å². The minimum Gasteiger partial charge on any atom is -0.357 e. The van der Waals surface area contributed by atoms with Gasteiger partial charge in [-0.2, -0.15) is 0 Å². The fourth-order valence-corrected chi connectivity index (χ4v) is 4.69. The molecule has 0 aliphatic rings. The van der Waals surface area contributed by atoms with Gasteiger partial charge in [-0.25, -0.2) is 8.42 Å². The normalized spacial score (nSPS) is 12.2. The van der Waals surface area contributed by atoms with Gasteiger partial charge in [0.1, 0.15) is 12.6 Å². The van der Waals surface area contributed by atoms with Gasteiger partial charge in [0.05, 0.1) is 22.0 Å². The van der Waals surface area contributed by atoms with Crippen molar-refractivity contribution in [2.45, 2.75) is 33.4 Å². The Hall–Kier alpha value is -2.29. The Balaban J connectivity index is 2.46. The van der Waals surface area contributed by atoms with Crippen molar-refractivity contribution in [3.8, 4) is 0 Å². The van der Waals surface area contributed by atoms with Crippen LogP contribution in [0.15, 0.2) is 36.4 Å². The lowest BCUT2D eigenvalue weighted by atomic mass is 10.1. The van der Waals surface area contributed by atoms with Crippen molar-refractivity contribution >= 4 is 50.7 Å². The molecule has 1 unspecified atom stereocenters. The number of anilines is 1. The zero-order chi connectivity index (χ0) is 24.2. The summed E-state index contributed by atoms with van der Waals surface area (Å²) >= 11 is 12.1. The Morgan fingerprint density at radius 2 is 1.66 bits per heavy atom. The van der Waals surface area contributed by atoms with Crippen LogP contribution in [-0.2, 0) is 26.2 Å². The zero-order valence-electron chi connectivity index (χ0n) is 18.6. The summed E-state index contributed by atoms with van der Waals surface area (Å²) in [6.07, 6.45) is 1.05. The van der Waals surface area contributed by atoms with Crippen LogP contribution in [0.1, 0.15) is 23.6 Å². The first-order valence-corrected chi connectivity index (χ1v) is 12.5. The molecule has 2 aromatic rings. The lowest BCUT2D eigenvalue weighted by molar-refractivity contribution is -0.139. The van der Waals surface area contributed by atoms with E-state index < -0.39 is 28.5 Å². The molecule has 2 amide bonds. The number of benzene rings is 2. The molecule has 7 nitrogen and oxygen atoms in total. The number of amides is 2. The molecule has 0 aliphatic heterocycles. The number of carbonyl (C=O) groups is 2. The van der Waals surface area contributed by atoms with Crippen molar-refractivity contribution in [1.82, 2.24) is 10.2 Å². The third-order valence-corrected chi connectivity index (χ3v) is 6.97. The molecule has 0 aliphatic carbocycles. The van der Waals surface area contributed by atoms with Gasteiger partial charge in [0.2, 0.25) is 21.8 Å². The summed E-state index contributed by atoms with van der Waals surface area (Å²) in [5, 5.41) is 3.21. The molecule has 0 saturated carbocycles. The summed E-state index contributed by atoms with van der Waals surface area (Å²) in [5.74, 6) is -0.906. The Morgan fingerprint density at radius 1 is 1.06 bits per heavy atom. The number of rotatable bonds is 8. The van der Waals surface area contributed by atoms with Gasteiger partial charge in [0, 0.05) is 13.6 Å².